The quantitative estimate of drug-likeness (QED) is 0.661. The molecule has 0 unspecified atom stereocenters. The Morgan fingerprint density at radius 1 is 1.32 bits per heavy atom. The van der Waals surface area contributed by atoms with Crippen LogP contribution in [0.15, 0.2) is 33.9 Å². The highest BCUT2D eigenvalue weighted by Crippen LogP contribution is 2.32. The van der Waals surface area contributed by atoms with E-state index >= 15 is 0 Å². The number of carbonyl (C=O) groups excluding carboxylic acids is 1. The molecule has 0 radical (unpaired) electrons. The van der Waals surface area contributed by atoms with Gasteiger partial charge < -0.3 is 9.72 Å². The molecule has 0 saturated heterocycles. The van der Waals surface area contributed by atoms with E-state index in [4.69, 9.17) is 4.74 Å². The number of esters is 1. The number of anilines is 1. The fourth-order valence-electron chi connectivity index (χ4n) is 2.58. The molecule has 2 aromatic heterocycles. The molecule has 2 N–H and O–H groups in total. The van der Waals surface area contributed by atoms with Crippen LogP contribution in [0.25, 0.3) is 10.9 Å². The zero-order valence-corrected chi connectivity index (χ0v) is 15.7. The highest BCUT2D eigenvalue weighted by molar-refractivity contribution is 7.94. The first kappa shape index (κ1) is 17.5. The molecule has 132 valence electrons. The Hall–Kier alpha value is -2.32. The first-order chi connectivity index (χ1) is 11.8. The minimum Gasteiger partial charge on any atom is -0.461 e. The molecular weight excluding hydrogens is 360 g/mol. The fraction of sp³-hybridized carbons (Fsp3) is 0.235. The number of fused-ring (bicyclic) bond motifs is 1. The van der Waals surface area contributed by atoms with E-state index in [-0.39, 0.29) is 10.8 Å². The Balaban J connectivity index is 2.12. The summed E-state index contributed by atoms with van der Waals surface area (Å²) in [6.45, 7) is 5.83. The molecule has 3 aromatic rings. The molecule has 1 aromatic carbocycles. The first-order valence-corrected chi connectivity index (χ1v) is 10.1. The third-order valence-corrected chi connectivity index (χ3v) is 6.71. The van der Waals surface area contributed by atoms with Crippen molar-refractivity contribution in [2.75, 3.05) is 11.3 Å². The Morgan fingerprint density at radius 2 is 2.08 bits per heavy atom. The van der Waals surface area contributed by atoms with Gasteiger partial charge in [-0.3, -0.25) is 4.72 Å². The Labute approximate surface area is 149 Å². The molecule has 0 bridgehead atoms. The van der Waals surface area contributed by atoms with Gasteiger partial charge in [-0.05, 0) is 55.5 Å². The molecule has 25 heavy (non-hydrogen) atoms. The summed E-state index contributed by atoms with van der Waals surface area (Å²) >= 11 is 1.14. The van der Waals surface area contributed by atoms with E-state index in [0.29, 0.717) is 16.9 Å². The summed E-state index contributed by atoms with van der Waals surface area (Å²) < 4.78 is 32.9. The van der Waals surface area contributed by atoms with Gasteiger partial charge in [0.15, 0.2) is 0 Å². The van der Waals surface area contributed by atoms with E-state index in [1.165, 1.54) is 0 Å². The second-order valence-corrected chi connectivity index (χ2v) is 8.45. The van der Waals surface area contributed by atoms with E-state index in [1.807, 2.05) is 13.8 Å². The Kier molecular flexibility index (Phi) is 4.57. The number of ether oxygens (including phenoxy) is 1. The van der Waals surface area contributed by atoms with Gasteiger partial charge in [-0.2, -0.15) is 0 Å². The third-order valence-electron chi connectivity index (χ3n) is 3.94. The number of carbonyl (C=O) groups is 1. The highest BCUT2D eigenvalue weighted by Gasteiger charge is 2.20. The zero-order valence-electron chi connectivity index (χ0n) is 14.0. The van der Waals surface area contributed by atoms with Gasteiger partial charge in [0, 0.05) is 5.39 Å². The number of aromatic nitrogens is 1. The van der Waals surface area contributed by atoms with Crippen molar-refractivity contribution < 1.29 is 17.9 Å². The van der Waals surface area contributed by atoms with Crippen LogP contribution in [0.2, 0.25) is 0 Å². The average molecular weight is 378 g/mol. The third kappa shape index (κ3) is 3.27. The lowest BCUT2D eigenvalue weighted by Crippen LogP contribution is -2.12. The monoisotopic (exact) mass is 378 g/mol. The highest BCUT2D eigenvalue weighted by atomic mass is 32.2. The molecule has 0 aliphatic rings. The van der Waals surface area contributed by atoms with Gasteiger partial charge in [0.1, 0.15) is 9.90 Å². The molecule has 8 heteroatoms. The number of hydrogen-bond donors (Lipinski definition) is 2. The van der Waals surface area contributed by atoms with E-state index in [0.717, 1.165) is 27.8 Å². The van der Waals surface area contributed by atoms with E-state index in [9.17, 15) is 13.2 Å². The SMILES string of the molecule is CCOC(=O)c1cc2c(C)c(C)cc(NS(=O)(=O)c3cccs3)c2[nH]1. The van der Waals surface area contributed by atoms with Crippen LogP contribution in [0.4, 0.5) is 5.69 Å². The largest absolute Gasteiger partial charge is 0.461 e. The maximum atomic E-state index is 12.5. The van der Waals surface area contributed by atoms with Crippen LogP contribution in [0, 0.1) is 13.8 Å². The lowest BCUT2D eigenvalue weighted by atomic mass is 10.0. The predicted octanol–water partition coefficient (Wildman–Crippen LogP) is 3.82. The van der Waals surface area contributed by atoms with Crippen molar-refractivity contribution in [3.63, 3.8) is 0 Å². The number of thiophene rings is 1. The van der Waals surface area contributed by atoms with Crippen LogP contribution >= 0.6 is 11.3 Å². The minimum atomic E-state index is -3.68. The van der Waals surface area contributed by atoms with Crippen LogP contribution in [0.3, 0.4) is 0 Å². The van der Waals surface area contributed by atoms with Crippen molar-refractivity contribution in [1.82, 2.24) is 4.98 Å². The van der Waals surface area contributed by atoms with Gasteiger partial charge in [-0.25, -0.2) is 13.2 Å². The number of hydrogen-bond acceptors (Lipinski definition) is 5. The maximum absolute atomic E-state index is 12.5. The molecule has 0 aliphatic carbocycles. The Morgan fingerprint density at radius 3 is 2.72 bits per heavy atom. The molecule has 0 saturated carbocycles. The molecule has 0 spiro atoms. The average Bonchev–Trinajstić information content (AvgIpc) is 3.22. The van der Waals surface area contributed by atoms with Gasteiger partial charge >= 0.3 is 5.97 Å². The number of aromatic amines is 1. The van der Waals surface area contributed by atoms with Crippen molar-refractivity contribution >= 4 is 43.9 Å². The van der Waals surface area contributed by atoms with E-state index < -0.39 is 16.0 Å². The van der Waals surface area contributed by atoms with Crippen molar-refractivity contribution in [3.8, 4) is 0 Å². The van der Waals surface area contributed by atoms with Crippen molar-refractivity contribution in [2.45, 2.75) is 25.0 Å². The molecule has 3 rings (SSSR count). The minimum absolute atomic E-state index is 0.232. The smallest absolute Gasteiger partial charge is 0.354 e. The van der Waals surface area contributed by atoms with Crippen molar-refractivity contribution in [2.24, 2.45) is 0 Å². The van der Waals surface area contributed by atoms with Crippen LogP contribution < -0.4 is 4.72 Å². The molecule has 0 fully saturated rings. The fourth-order valence-corrected chi connectivity index (χ4v) is 4.64. The van der Waals surface area contributed by atoms with E-state index in [2.05, 4.69) is 9.71 Å². The summed E-state index contributed by atoms with van der Waals surface area (Å²) in [5.41, 5.74) is 3.15. The predicted molar refractivity (Wildman–Crippen MR) is 98.9 cm³/mol. The lowest BCUT2D eigenvalue weighted by molar-refractivity contribution is 0.0520. The number of rotatable bonds is 5. The van der Waals surface area contributed by atoms with Gasteiger partial charge in [-0.15, -0.1) is 11.3 Å². The van der Waals surface area contributed by atoms with Crippen molar-refractivity contribution in [3.05, 3.63) is 46.5 Å². The van der Waals surface area contributed by atoms with Crippen LogP contribution in [-0.2, 0) is 14.8 Å². The van der Waals surface area contributed by atoms with Crippen molar-refractivity contribution in [1.29, 1.82) is 0 Å². The summed E-state index contributed by atoms with van der Waals surface area (Å²) in [6.07, 6.45) is 0. The van der Waals surface area contributed by atoms with Crippen LogP contribution in [0.5, 0.6) is 0 Å². The molecule has 2 heterocycles. The van der Waals surface area contributed by atoms with Gasteiger partial charge in [0.05, 0.1) is 17.8 Å². The normalized spacial score (nSPS) is 11.6. The Bertz CT molecular complexity index is 1030. The number of sulfonamides is 1. The molecule has 6 nitrogen and oxygen atoms in total. The second kappa shape index (κ2) is 6.53. The molecule has 0 amide bonds. The second-order valence-electron chi connectivity index (χ2n) is 5.60. The van der Waals surface area contributed by atoms with Gasteiger partial charge in [0.2, 0.25) is 0 Å². The van der Waals surface area contributed by atoms with Gasteiger partial charge in [-0.1, -0.05) is 6.07 Å². The molecule has 0 atom stereocenters. The number of benzene rings is 1. The van der Waals surface area contributed by atoms with E-state index in [1.54, 1.807) is 36.6 Å². The number of nitrogens with one attached hydrogen (secondary N) is 2. The number of H-pyrrole nitrogens is 1. The summed E-state index contributed by atoms with van der Waals surface area (Å²) in [4.78, 5) is 15.0. The number of aryl methyl sites for hydroxylation is 2. The molecule has 0 aliphatic heterocycles. The van der Waals surface area contributed by atoms with Crippen LogP contribution in [-0.4, -0.2) is 26.0 Å². The lowest BCUT2D eigenvalue weighted by Gasteiger charge is -2.11. The first-order valence-electron chi connectivity index (χ1n) is 7.70. The summed E-state index contributed by atoms with van der Waals surface area (Å²) in [5.74, 6) is -0.470. The maximum Gasteiger partial charge on any atom is 0.354 e. The standard InChI is InChI=1S/C17H18N2O4S2/c1-4-23-17(20)14-9-12-11(3)10(2)8-13(16(12)18-14)19-25(21,22)15-6-5-7-24-15/h5-9,18-19H,4H2,1-3H3. The molecular formula is C17H18N2O4S2. The topological polar surface area (TPSA) is 88.3 Å². The summed E-state index contributed by atoms with van der Waals surface area (Å²) in [7, 11) is -3.68. The summed E-state index contributed by atoms with van der Waals surface area (Å²) in [6, 6.07) is 6.68. The van der Waals surface area contributed by atoms with Crippen LogP contribution in [0.1, 0.15) is 28.5 Å². The zero-order chi connectivity index (χ0) is 18.2. The summed E-state index contributed by atoms with van der Waals surface area (Å²) in [5, 5.41) is 2.49. The van der Waals surface area contributed by atoms with Gasteiger partial charge in [0.25, 0.3) is 10.0 Å².